The van der Waals surface area contributed by atoms with E-state index in [4.69, 9.17) is 19.2 Å². The van der Waals surface area contributed by atoms with Gasteiger partial charge < -0.3 is 24.0 Å². The van der Waals surface area contributed by atoms with E-state index in [-0.39, 0.29) is 115 Å². The molecular formula is C47H49F5N6O5. The normalized spacial score (nSPS) is 23.6. The second-order valence-corrected chi connectivity index (χ2v) is 17.6. The molecule has 9 rings (SSSR count). The molecule has 11 nitrogen and oxygen atoms in total. The lowest BCUT2D eigenvalue weighted by atomic mass is 9.86. The van der Waals surface area contributed by atoms with Gasteiger partial charge in [-0.3, -0.25) is 14.7 Å². The molecule has 0 N–H and O–H groups in total. The predicted molar refractivity (Wildman–Crippen MR) is 226 cm³/mol. The second-order valence-electron chi connectivity index (χ2n) is 17.6. The summed E-state index contributed by atoms with van der Waals surface area (Å²) in [6.07, 6.45) is 1.21. The number of anilines is 1. The van der Waals surface area contributed by atoms with E-state index < -0.39 is 41.3 Å². The molecule has 5 aromatic rings. The molecule has 332 valence electrons. The SMILES string of the molecule is CC1C[C@@H](F)CN(c2nc(OC[C@@]34CCCN3C[C@H](F)C4)nc3c(F)c(-c4cc(OC(=O)N5CCC(F)(c6ccccc6)CC5)cc5ccc(F)c(CCCOC=O)c45)ncc23)C1. The van der Waals surface area contributed by atoms with E-state index in [1.807, 2.05) is 13.0 Å². The Bertz CT molecular complexity index is 2500. The molecule has 6 heterocycles. The molecule has 3 aromatic carbocycles. The van der Waals surface area contributed by atoms with Crippen LogP contribution in [-0.2, 0) is 21.6 Å². The van der Waals surface area contributed by atoms with Crippen LogP contribution in [0.15, 0.2) is 60.8 Å². The van der Waals surface area contributed by atoms with Gasteiger partial charge in [-0.1, -0.05) is 43.3 Å². The van der Waals surface area contributed by atoms with Crippen molar-refractivity contribution in [3.05, 3.63) is 83.6 Å². The lowest BCUT2D eigenvalue weighted by molar-refractivity contribution is -0.128. The van der Waals surface area contributed by atoms with E-state index in [9.17, 15) is 14.0 Å². The highest BCUT2D eigenvalue weighted by Crippen LogP contribution is 2.43. The number of carbonyl (C=O) groups excluding carboxylic acids is 2. The Morgan fingerprint density at radius 1 is 0.968 bits per heavy atom. The number of likely N-dealkylation sites (tertiary alicyclic amines) is 1. The first kappa shape index (κ1) is 42.7. The zero-order valence-corrected chi connectivity index (χ0v) is 35.0. The first-order valence-electron chi connectivity index (χ1n) is 21.7. The van der Waals surface area contributed by atoms with Crippen molar-refractivity contribution in [1.29, 1.82) is 0 Å². The number of pyridine rings is 1. The topological polar surface area (TPSA) is 110 Å². The average Bonchev–Trinajstić information content (AvgIpc) is 3.80. The fourth-order valence-corrected chi connectivity index (χ4v) is 10.2. The van der Waals surface area contributed by atoms with E-state index in [0.717, 1.165) is 19.4 Å². The minimum absolute atomic E-state index is 0.00457. The molecule has 1 unspecified atom stereocenters. The summed E-state index contributed by atoms with van der Waals surface area (Å²) in [6.45, 7) is 3.96. The van der Waals surface area contributed by atoms with Crippen molar-refractivity contribution in [3.8, 4) is 23.0 Å². The van der Waals surface area contributed by atoms with Crippen LogP contribution in [0.4, 0.5) is 32.6 Å². The molecule has 0 saturated carbocycles. The van der Waals surface area contributed by atoms with E-state index in [1.54, 1.807) is 35.2 Å². The number of benzene rings is 3. The monoisotopic (exact) mass is 872 g/mol. The Hall–Kier alpha value is -5.64. The van der Waals surface area contributed by atoms with Gasteiger partial charge in [0.05, 0.1) is 24.1 Å². The van der Waals surface area contributed by atoms with Crippen LogP contribution in [0.3, 0.4) is 0 Å². The van der Waals surface area contributed by atoms with Gasteiger partial charge in [-0.05, 0) is 84.7 Å². The second kappa shape index (κ2) is 17.5. The molecule has 1 amide bonds. The number of hydrogen-bond donors (Lipinski definition) is 0. The third-order valence-electron chi connectivity index (χ3n) is 13.2. The number of aromatic nitrogens is 3. The first-order chi connectivity index (χ1) is 30.4. The molecule has 4 saturated heterocycles. The van der Waals surface area contributed by atoms with Crippen molar-refractivity contribution in [2.24, 2.45) is 5.92 Å². The summed E-state index contributed by atoms with van der Waals surface area (Å²) in [6, 6.07) is 14.4. The molecule has 0 aliphatic carbocycles. The van der Waals surface area contributed by atoms with Gasteiger partial charge in [0.1, 0.15) is 53.2 Å². The molecule has 0 bridgehead atoms. The van der Waals surface area contributed by atoms with Gasteiger partial charge in [-0.2, -0.15) is 9.97 Å². The molecule has 63 heavy (non-hydrogen) atoms. The van der Waals surface area contributed by atoms with Gasteiger partial charge in [0.2, 0.25) is 0 Å². The lowest BCUT2D eigenvalue weighted by Crippen LogP contribution is -2.44. The number of piperidine rings is 2. The minimum atomic E-state index is -1.61. The number of halogens is 5. The fourth-order valence-electron chi connectivity index (χ4n) is 10.2. The van der Waals surface area contributed by atoms with Crippen molar-refractivity contribution in [1.82, 2.24) is 24.8 Å². The van der Waals surface area contributed by atoms with Crippen LogP contribution < -0.4 is 14.4 Å². The number of hydrogen-bond acceptors (Lipinski definition) is 10. The third kappa shape index (κ3) is 8.45. The maximum absolute atomic E-state index is 17.6. The lowest BCUT2D eigenvalue weighted by Gasteiger charge is -2.36. The van der Waals surface area contributed by atoms with E-state index in [1.165, 1.54) is 29.3 Å². The highest BCUT2D eigenvalue weighted by molar-refractivity contribution is 6.02. The van der Waals surface area contributed by atoms with Gasteiger partial charge in [0.15, 0.2) is 5.82 Å². The summed E-state index contributed by atoms with van der Waals surface area (Å²) in [5.74, 6) is -1.30. The van der Waals surface area contributed by atoms with Gasteiger partial charge in [0, 0.05) is 57.2 Å². The Morgan fingerprint density at radius 3 is 2.56 bits per heavy atom. The van der Waals surface area contributed by atoms with E-state index in [0.29, 0.717) is 43.4 Å². The largest absolute Gasteiger partial charge is 0.468 e. The first-order valence-corrected chi connectivity index (χ1v) is 21.7. The van der Waals surface area contributed by atoms with Crippen LogP contribution in [-0.4, -0.2) is 108 Å². The van der Waals surface area contributed by atoms with E-state index in [2.05, 4.69) is 14.9 Å². The number of amides is 1. The summed E-state index contributed by atoms with van der Waals surface area (Å²) in [4.78, 5) is 43.7. The zero-order chi connectivity index (χ0) is 43.9. The zero-order valence-electron chi connectivity index (χ0n) is 35.0. The number of alkyl halides is 3. The van der Waals surface area contributed by atoms with Crippen molar-refractivity contribution in [3.63, 3.8) is 0 Å². The highest BCUT2D eigenvalue weighted by atomic mass is 19.2. The summed E-state index contributed by atoms with van der Waals surface area (Å²) in [7, 11) is 0. The van der Waals surface area contributed by atoms with Gasteiger partial charge >= 0.3 is 12.1 Å². The minimum Gasteiger partial charge on any atom is -0.468 e. The number of aryl methyl sites for hydroxylation is 1. The van der Waals surface area contributed by atoms with Crippen LogP contribution >= 0.6 is 0 Å². The van der Waals surface area contributed by atoms with Crippen LogP contribution in [0.5, 0.6) is 11.8 Å². The number of fused-ring (bicyclic) bond motifs is 3. The van der Waals surface area contributed by atoms with Crippen molar-refractivity contribution in [2.75, 3.05) is 57.4 Å². The number of rotatable bonds is 12. The maximum atomic E-state index is 17.6. The molecular weight excluding hydrogens is 824 g/mol. The van der Waals surface area contributed by atoms with Crippen molar-refractivity contribution < 1.29 is 45.8 Å². The number of carbonyl (C=O) groups is 2. The fraction of sp³-hybridized carbons (Fsp3) is 0.468. The molecule has 4 atom stereocenters. The highest BCUT2D eigenvalue weighted by Gasteiger charge is 2.49. The molecule has 4 fully saturated rings. The predicted octanol–water partition coefficient (Wildman–Crippen LogP) is 8.83. The van der Waals surface area contributed by atoms with Crippen LogP contribution in [0, 0.1) is 17.6 Å². The molecule has 16 heteroatoms. The molecule has 2 aromatic heterocycles. The maximum Gasteiger partial charge on any atom is 0.415 e. The molecule has 4 aliphatic rings. The Labute approximate surface area is 361 Å². The summed E-state index contributed by atoms with van der Waals surface area (Å²) in [5.41, 5.74) is -1.76. The van der Waals surface area contributed by atoms with Crippen LogP contribution in [0.25, 0.3) is 32.9 Å². The smallest absolute Gasteiger partial charge is 0.415 e. The van der Waals surface area contributed by atoms with Gasteiger partial charge in [-0.15, -0.1) is 0 Å². The van der Waals surface area contributed by atoms with Gasteiger partial charge in [0.25, 0.3) is 6.47 Å². The number of nitrogens with zero attached hydrogens (tertiary/aromatic N) is 6. The molecule has 0 spiro atoms. The van der Waals surface area contributed by atoms with Crippen molar-refractivity contribution in [2.45, 2.75) is 81.8 Å². The molecule has 0 radical (unpaired) electrons. The Balaban J connectivity index is 1.12. The average molecular weight is 873 g/mol. The third-order valence-corrected chi connectivity index (χ3v) is 13.2. The van der Waals surface area contributed by atoms with Crippen LogP contribution in [0.2, 0.25) is 0 Å². The molecule has 4 aliphatic heterocycles. The van der Waals surface area contributed by atoms with Crippen molar-refractivity contribution >= 4 is 40.1 Å². The quantitative estimate of drug-likeness (QED) is 0.0686. The standard InChI is InChI=1S/C47H49F5N6O5/c1-29-19-32(48)25-57(24-29)43-37-23-53-41(40(51)42(37)54-44(55-43)62-27-46-12-6-15-58(46)26-33(49)22-46)36-21-34(20-30-10-11-38(50)35(39(30)36)9-5-18-61-28-59)63-45(60)56-16-13-47(52,14-17-56)31-7-3-2-4-8-31/h2-4,7-8,10-11,20-21,23,28-29,32-33H,5-6,9,12-19,22,24-27H2,1H3/t29?,32-,33-,46+/m1/s1. The summed E-state index contributed by atoms with van der Waals surface area (Å²) in [5, 5.41) is 0.888. The summed E-state index contributed by atoms with van der Waals surface area (Å²) < 4.78 is 96.3. The van der Waals surface area contributed by atoms with E-state index >= 15 is 17.6 Å². The number of ether oxygens (including phenoxy) is 3. The van der Waals surface area contributed by atoms with Gasteiger partial charge in [-0.25, -0.2) is 26.7 Å². The summed E-state index contributed by atoms with van der Waals surface area (Å²) >= 11 is 0. The Kier molecular flexibility index (Phi) is 11.8. The Morgan fingerprint density at radius 2 is 1.78 bits per heavy atom. The van der Waals surface area contributed by atoms with Crippen LogP contribution in [0.1, 0.15) is 63.0 Å².